The van der Waals surface area contributed by atoms with Crippen molar-refractivity contribution < 1.29 is 4.39 Å². The SMILES string of the molecule is C#C/C=C(\C)c1cc(F)c2nnn(-c3ccc(NC=C)c(NC)c3)c2c1. The Labute approximate surface area is 151 Å². The van der Waals surface area contributed by atoms with Crippen LogP contribution < -0.4 is 10.6 Å². The van der Waals surface area contributed by atoms with Gasteiger partial charge in [0.15, 0.2) is 5.82 Å². The average Bonchev–Trinajstić information content (AvgIpc) is 3.07. The van der Waals surface area contributed by atoms with Crippen LogP contribution in [0, 0.1) is 18.2 Å². The molecule has 5 nitrogen and oxygen atoms in total. The summed E-state index contributed by atoms with van der Waals surface area (Å²) >= 11 is 0. The minimum atomic E-state index is -0.438. The zero-order valence-corrected chi connectivity index (χ0v) is 14.5. The van der Waals surface area contributed by atoms with E-state index in [0.717, 1.165) is 22.6 Å². The van der Waals surface area contributed by atoms with Crippen LogP contribution in [-0.4, -0.2) is 22.0 Å². The van der Waals surface area contributed by atoms with Gasteiger partial charge in [0.25, 0.3) is 0 Å². The predicted molar refractivity (Wildman–Crippen MR) is 105 cm³/mol. The molecule has 3 aromatic rings. The molecule has 0 saturated carbocycles. The van der Waals surface area contributed by atoms with Crippen molar-refractivity contribution in [1.82, 2.24) is 15.0 Å². The number of aromatic nitrogens is 3. The molecule has 0 fully saturated rings. The molecule has 6 heteroatoms. The molecule has 0 aliphatic rings. The van der Waals surface area contributed by atoms with Crippen LogP contribution >= 0.6 is 0 Å². The molecular weight excluding hydrogens is 329 g/mol. The van der Waals surface area contributed by atoms with E-state index in [-0.39, 0.29) is 5.52 Å². The van der Waals surface area contributed by atoms with Crippen LogP contribution in [0.5, 0.6) is 0 Å². The first-order valence-corrected chi connectivity index (χ1v) is 7.97. The highest BCUT2D eigenvalue weighted by Crippen LogP contribution is 2.28. The third-order valence-electron chi connectivity index (χ3n) is 4.04. The zero-order valence-electron chi connectivity index (χ0n) is 14.5. The summed E-state index contributed by atoms with van der Waals surface area (Å²) in [4.78, 5) is 0. The van der Waals surface area contributed by atoms with Crippen LogP contribution in [0.1, 0.15) is 12.5 Å². The summed E-state index contributed by atoms with van der Waals surface area (Å²) in [5.74, 6) is 2.02. The monoisotopic (exact) mass is 347 g/mol. The molecule has 2 aromatic carbocycles. The smallest absolute Gasteiger partial charge is 0.153 e. The molecule has 0 bridgehead atoms. The van der Waals surface area contributed by atoms with Crippen molar-refractivity contribution in [3.05, 3.63) is 60.6 Å². The maximum Gasteiger partial charge on any atom is 0.153 e. The Morgan fingerprint density at radius 3 is 2.81 bits per heavy atom. The number of anilines is 2. The van der Waals surface area contributed by atoms with Gasteiger partial charge in [-0.15, -0.1) is 11.5 Å². The van der Waals surface area contributed by atoms with Gasteiger partial charge in [-0.1, -0.05) is 17.7 Å². The number of hydrogen-bond acceptors (Lipinski definition) is 4. The molecule has 0 unspecified atom stereocenters. The molecule has 3 rings (SSSR count). The van der Waals surface area contributed by atoms with E-state index in [9.17, 15) is 4.39 Å². The molecular formula is C20H18FN5. The highest BCUT2D eigenvalue weighted by atomic mass is 19.1. The summed E-state index contributed by atoms with van der Waals surface area (Å²) in [5, 5.41) is 14.3. The standard InChI is InChI=1S/C20H18FN5/c1-5-7-13(3)14-10-16(21)20-19(11-14)26(25-24-20)15-8-9-17(23-6-2)18(12-15)22-4/h1,6-12,22-23H,2H2,3-4H3/b13-7+. The number of terminal acetylenes is 1. The Kier molecular flexibility index (Phi) is 4.72. The van der Waals surface area contributed by atoms with Gasteiger partial charge in [-0.3, -0.25) is 0 Å². The van der Waals surface area contributed by atoms with Gasteiger partial charge in [-0.25, -0.2) is 9.07 Å². The summed E-state index contributed by atoms with van der Waals surface area (Å²) in [6, 6.07) is 8.90. The number of allylic oxidation sites excluding steroid dienone is 2. The maximum absolute atomic E-state index is 14.5. The van der Waals surface area contributed by atoms with E-state index in [1.54, 1.807) is 17.0 Å². The number of hydrogen-bond donors (Lipinski definition) is 2. The first-order chi connectivity index (χ1) is 12.6. The second-order valence-electron chi connectivity index (χ2n) is 5.65. The number of nitrogens with zero attached hydrogens (tertiary/aromatic N) is 3. The van der Waals surface area contributed by atoms with Gasteiger partial charge in [-0.05, 0) is 60.7 Å². The lowest BCUT2D eigenvalue weighted by molar-refractivity contribution is 0.635. The average molecular weight is 347 g/mol. The Morgan fingerprint density at radius 2 is 2.12 bits per heavy atom. The Hall–Kier alpha value is -3.59. The van der Waals surface area contributed by atoms with Crippen molar-refractivity contribution in [1.29, 1.82) is 0 Å². The maximum atomic E-state index is 14.5. The highest BCUT2D eigenvalue weighted by molar-refractivity contribution is 5.83. The quantitative estimate of drug-likeness (QED) is 0.680. The topological polar surface area (TPSA) is 54.8 Å². The van der Waals surface area contributed by atoms with Crippen LogP contribution in [0.25, 0.3) is 22.3 Å². The van der Waals surface area contributed by atoms with Gasteiger partial charge in [-0.2, -0.15) is 0 Å². The van der Waals surface area contributed by atoms with Crippen LogP contribution in [-0.2, 0) is 0 Å². The number of halogens is 1. The minimum Gasteiger partial charge on any atom is -0.386 e. The lowest BCUT2D eigenvalue weighted by Gasteiger charge is -2.11. The van der Waals surface area contributed by atoms with E-state index in [4.69, 9.17) is 6.42 Å². The molecule has 1 heterocycles. The van der Waals surface area contributed by atoms with E-state index in [2.05, 4.69) is 33.4 Å². The highest BCUT2D eigenvalue weighted by Gasteiger charge is 2.14. The predicted octanol–water partition coefficient (Wildman–Crippen LogP) is 4.19. The van der Waals surface area contributed by atoms with Gasteiger partial charge in [0.1, 0.15) is 5.52 Å². The third-order valence-corrected chi connectivity index (χ3v) is 4.04. The largest absolute Gasteiger partial charge is 0.386 e. The van der Waals surface area contributed by atoms with Crippen molar-refractivity contribution in [2.75, 3.05) is 17.7 Å². The normalized spacial score (nSPS) is 11.2. The first kappa shape index (κ1) is 17.2. The molecule has 0 aliphatic carbocycles. The Bertz CT molecular complexity index is 1060. The third kappa shape index (κ3) is 3.03. The van der Waals surface area contributed by atoms with Crippen LogP contribution in [0.3, 0.4) is 0 Å². The number of benzene rings is 2. The van der Waals surface area contributed by atoms with E-state index >= 15 is 0 Å². The van der Waals surface area contributed by atoms with Crippen molar-refractivity contribution in [2.24, 2.45) is 0 Å². The second kappa shape index (κ2) is 7.11. The number of rotatable bonds is 5. The Balaban J connectivity index is 2.18. The van der Waals surface area contributed by atoms with Gasteiger partial charge in [0.2, 0.25) is 0 Å². The van der Waals surface area contributed by atoms with Crippen LogP contribution in [0.15, 0.2) is 49.2 Å². The summed E-state index contributed by atoms with van der Waals surface area (Å²) in [7, 11) is 1.82. The van der Waals surface area contributed by atoms with Crippen molar-refractivity contribution in [3.8, 4) is 18.0 Å². The van der Waals surface area contributed by atoms with Crippen LogP contribution in [0.2, 0.25) is 0 Å². The molecule has 0 saturated heterocycles. The van der Waals surface area contributed by atoms with Gasteiger partial charge < -0.3 is 10.6 Å². The molecule has 26 heavy (non-hydrogen) atoms. The van der Waals surface area contributed by atoms with E-state index in [1.165, 1.54) is 6.07 Å². The first-order valence-electron chi connectivity index (χ1n) is 7.97. The molecule has 1 aromatic heterocycles. The summed E-state index contributed by atoms with van der Waals surface area (Å²) < 4.78 is 16.1. The molecule has 2 N–H and O–H groups in total. The van der Waals surface area contributed by atoms with Crippen molar-refractivity contribution in [2.45, 2.75) is 6.92 Å². The van der Waals surface area contributed by atoms with E-state index in [0.29, 0.717) is 11.1 Å². The fourth-order valence-electron chi connectivity index (χ4n) is 2.72. The summed E-state index contributed by atoms with van der Waals surface area (Å²) in [5.41, 5.74) is 4.73. The van der Waals surface area contributed by atoms with E-state index in [1.807, 2.05) is 38.2 Å². The number of fused-ring (bicyclic) bond motifs is 1. The lowest BCUT2D eigenvalue weighted by Crippen LogP contribution is -2.01. The van der Waals surface area contributed by atoms with Crippen molar-refractivity contribution in [3.63, 3.8) is 0 Å². The molecule has 130 valence electrons. The summed E-state index contributed by atoms with van der Waals surface area (Å²) in [6.07, 6.45) is 8.52. The number of nitrogens with one attached hydrogen (secondary N) is 2. The Morgan fingerprint density at radius 1 is 1.31 bits per heavy atom. The van der Waals surface area contributed by atoms with E-state index < -0.39 is 5.82 Å². The molecule has 0 amide bonds. The fourth-order valence-corrected chi connectivity index (χ4v) is 2.72. The van der Waals surface area contributed by atoms with Gasteiger partial charge >= 0.3 is 0 Å². The fraction of sp³-hybridized carbons (Fsp3) is 0.100. The van der Waals surface area contributed by atoms with Crippen LogP contribution in [0.4, 0.5) is 15.8 Å². The minimum absolute atomic E-state index is 0.210. The van der Waals surface area contributed by atoms with Gasteiger partial charge in [0.05, 0.1) is 22.6 Å². The van der Waals surface area contributed by atoms with Crippen molar-refractivity contribution >= 4 is 28.0 Å². The zero-order chi connectivity index (χ0) is 18.7. The summed E-state index contributed by atoms with van der Waals surface area (Å²) in [6.45, 7) is 5.50. The second-order valence-corrected chi connectivity index (χ2v) is 5.65. The lowest BCUT2D eigenvalue weighted by atomic mass is 10.1. The molecule has 0 spiro atoms. The molecule has 0 atom stereocenters. The molecule has 0 radical (unpaired) electrons. The molecule has 0 aliphatic heterocycles. The van der Waals surface area contributed by atoms with Gasteiger partial charge in [0, 0.05) is 7.05 Å².